The minimum Gasteiger partial charge on any atom is -0.382 e. The highest BCUT2D eigenvalue weighted by Crippen LogP contribution is 2.34. The van der Waals surface area contributed by atoms with Gasteiger partial charge in [-0.15, -0.1) is 0 Å². The van der Waals surface area contributed by atoms with E-state index in [2.05, 4.69) is 4.37 Å². The zero-order valence-corrected chi connectivity index (χ0v) is 11.4. The summed E-state index contributed by atoms with van der Waals surface area (Å²) in [4.78, 5) is 2.04. The van der Waals surface area contributed by atoms with E-state index in [1.165, 1.54) is 0 Å². The molecule has 0 saturated heterocycles. The van der Waals surface area contributed by atoms with Crippen molar-refractivity contribution in [1.29, 1.82) is 0 Å². The third-order valence-electron chi connectivity index (χ3n) is 2.26. The Morgan fingerprint density at radius 3 is 2.56 bits per heavy atom. The van der Waals surface area contributed by atoms with Crippen molar-refractivity contribution >= 4 is 32.2 Å². The molecule has 0 radical (unpaired) electrons. The average molecular weight is 263 g/mol. The van der Waals surface area contributed by atoms with Gasteiger partial charge in [0.15, 0.2) is 15.7 Å². The van der Waals surface area contributed by atoms with Gasteiger partial charge in [0.2, 0.25) is 0 Å². The number of aromatic nitrogens is 1. The van der Waals surface area contributed by atoms with Crippen LogP contribution in [0.15, 0.2) is 4.90 Å². The summed E-state index contributed by atoms with van der Waals surface area (Å²) in [7, 11) is -1.47. The zero-order valence-electron chi connectivity index (χ0n) is 9.73. The van der Waals surface area contributed by atoms with Crippen molar-refractivity contribution in [3.63, 3.8) is 0 Å². The van der Waals surface area contributed by atoms with Crippen LogP contribution >= 0.6 is 11.5 Å². The van der Waals surface area contributed by atoms with Crippen molar-refractivity contribution in [1.82, 2.24) is 4.37 Å². The van der Waals surface area contributed by atoms with Crippen LogP contribution in [-0.4, -0.2) is 32.1 Å². The fourth-order valence-corrected chi connectivity index (χ4v) is 4.14. The van der Waals surface area contributed by atoms with E-state index in [-0.39, 0.29) is 16.5 Å². The van der Waals surface area contributed by atoms with E-state index in [1.807, 2.05) is 25.8 Å². The predicted molar refractivity (Wildman–Crippen MR) is 67.8 cm³/mol. The summed E-state index contributed by atoms with van der Waals surface area (Å²) >= 11 is 1.13. The summed E-state index contributed by atoms with van der Waals surface area (Å²) in [6.45, 7) is 4.50. The van der Waals surface area contributed by atoms with Crippen molar-refractivity contribution in [2.75, 3.05) is 30.0 Å². The molecule has 2 N–H and O–H groups in total. The summed E-state index contributed by atoms with van der Waals surface area (Å²) in [5.41, 5.74) is 5.64. The van der Waals surface area contributed by atoms with E-state index in [0.29, 0.717) is 11.4 Å². The Labute approximate surface area is 100 Å². The van der Waals surface area contributed by atoms with Gasteiger partial charge in [-0.1, -0.05) is 6.92 Å². The number of nitrogens with zero attached hydrogens (tertiary/aromatic N) is 2. The molecule has 0 aliphatic rings. The first-order chi connectivity index (χ1) is 7.44. The lowest BCUT2D eigenvalue weighted by Gasteiger charge is -2.15. The second-order valence-corrected chi connectivity index (χ2v) is 6.33. The minimum absolute atomic E-state index is 0.111. The van der Waals surface area contributed by atoms with Gasteiger partial charge in [0.05, 0.1) is 5.75 Å². The molecule has 0 saturated carbocycles. The Morgan fingerprint density at radius 2 is 2.06 bits per heavy atom. The van der Waals surface area contributed by atoms with Gasteiger partial charge in [0.1, 0.15) is 9.90 Å². The van der Waals surface area contributed by atoms with Gasteiger partial charge in [0, 0.05) is 13.6 Å². The molecule has 0 amide bonds. The zero-order chi connectivity index (χ0) is 12.3. The van der Waals surface area contributed by atoms with Crippen molar-refractivity contribution < 1.29 is 8.42 Å². The number of nitrogens with two attached hydrogens (primary N) is 1. The first-order valence-corrected chi connectivity index (χ1v) is 7.55. The first kappa shape index (κ1) is 13.2. The Kier molecular flexibility index (Phi) is 4.15. The maximum atomic E-state index is 12.0. The van der Waals surface area contributed by atoms with Crippen LogP contribution in [-0.2, 0) is 9.84 Å². The minimum atomic E-state index is -3.30. The summed E-state index contributed by atoms with van der Waals surface area (Å²) in [6, 6.07) is 0. The maximum absolute atomic E-state index is 12.0. The smallest absolute Gasteiger partial charge is 0.185 e. The molecule has 0 aliphatic heterocycles. The van der Waals surface area contributed by atoms with E-state index in [0.717, 1.165) is 18.1 Å². The van der Waals surface area contributed by atoms with E-state index >= 15 is 0 Å². The largest absolute Gasteiger partial charge is 0.382 e. The van der Waals surface area contributed by atoms with Gasteiger partial charge in [0.25, 0.3) is 0 Å². The van der Waals surface area contributed by atoms with E-state index in [4.69, 9.17) is 5.73 Å². The second-order valence-electron chi connectivity index (χ2n) is 3.54. The Hall–Kier alpha value is -0.820. The second kappa shape index (κ2) is 5.01. The monoisotopic (exact) mass is 263 g/mol. The molecule has 1 heterocycles. The Morgan fingerprint density at radius 1 is 1.44 bits per heavy atom. The van der Waals surface area contributed by atoms with Gasteiger partial charge in [-0.25, -0.2) is 8.42 Å². The summed E-state index contributed by atoms with van der Waals surface area (Å²) in [6.07, 6.45) is 0.576. The number of rotatable bonds is 5. The van der Waals surface area contributed by atoms with Gasteiger partial charge in [-0.2, -0.15) is 4.37 Å². The van der Waals surface area contributed by atoms with Crippen LogP contribution in [0.4, 0.5) is 10.8 Å². The molecule has 0 spiro atoms. The number of nitrogen functional groups attached to an aromatic ring is 1. The van der Waals surface area contributed by atoms with E-state index in [9.17, 15) is 8.42 Å². The third-order valence-corrected chi connectivity index (χ3v) is 5.34. The number of hydrogen-bond donors (Lipinski definition) is 1. The van der Waals surface area contributed by atoms with Crippen LogP contribution in [0.3, 0.4) is 0 Å². The average Bonchev–Trinajstić information content (AvgIpc) is 2.59. The predicted octanol–water partition coefficient (Wildman–Crippen LogP) is 1.37. The summed E-state index contributed by atoms with van der Waals surface area (Å²) < 4.78 is 28.0. The quantitative estimate of drug-likeness (QED) is 0.868. The van der Waals surface area contributed by atoms with E-state index < -0.39 is 9.84 Å². The highest BCUT2D eigenvalue weighted by Gasteiger charge is 2.26. The summed E-state index contributed by atoms with van der Waals surface area (Å²) in [5.74, 6) is 0.230. The van der Waals surface area contributed by atoms with Crippen molar-refractivity contribution in [3.8, 4) is 0 Å². The van der Waals surface area contributed by atoms with E-state index in [1.54, 1.807) is 0 Å². The Balaban J connectivity index is 3.27. The first-order valence-electron chi connectivity index (χ1n) is 5.13. The lowest BCUT2D eigenvalue weighted by atomic mass is 10.5. The van der Waals surface area contributed by atoms with Gasteiger partial charge < -0.3 is 10.6 Å². The van der Waals surface area contributed by atoms with Crippen LogP contribution in [0.5, 0.6) is 0 Å². The Bertz CT molecular complexity index is 453. The molecule has 92 valence electrons. The molecular weight excluding hydrogens is 246 g/mol. The van der Waals surface area contributed by atoms with Crippen molar-refractivity contribution in [2.45, 2.75) is 25.2 Å². The molecule has 7 heteroatoms. The van der Waals surface area contributed by atoms with Crippen LogP contribution in [0, 0.1) is 0 Å². The molecule has 0 aromatic carbocycles. The topological polar surface area (TPSA) is 76.3 Å². The van der Waals surface area contributed by atoms with Crippen molar-refractivity contribution in [3.05, 3.63) is 0 Å². The lowest BCUT2D eigenvalue weighted by molar-refractivity contribution is 0.595. The van der Waals surface area contributed by atoms with Gasteiger partial charge in [-0.3, -0.25) is 0 Å². The number of hydrogen-bond acceptors (Lipinski definition) is 6. The van der Waals surface area contributed by atoms with Crippen LogP contribution < -0.4 is 10.6 Å². The molecule has 0 fully saturated rings. The summed E-state index contributed by atoms with van der Waals surface area (Å²) in [5, 5.41) is 0.633. The molecule has 1 rings (SSSR count). The molecular formula is C9H17N3O2S2. The van der Waals surface area contributed by atoms with Crippen LogP contribution in [0.1, 0.15) is 20.3 Å². The maximum Gasteiger partial charge on any atom is 0.185 e. The van der Waals surface area contributed by atoms with Gasteiger partial charge in [-0.05, 0) is 24.9 Å². The van der Waals surface area contributed by atoms with Crippen molar-refractivity contribution in [2.24, 2.45) is 0 Å². The normalized spacial score (nSPS) is 11.7. The van der Waals surface area contributed by atoms with Crippen LogP contribution in [0.2, 0.25) is 0 Å². The molecule has 1 aromatic heterocycles. The molecule has 0 atom stereocenters. The fraction of sp³-hybridized carbons (Fsp3) is 0.667. The molecule has 0 aliphatic carbocycles. The molecule has 0 bridgehead atoms. The molecule has 5 nitrogen and oxygen atoms in total. The molecule has 0 unspecified atom stereocenters. The molecule has 1 aromatic rings. The SMILES string of the molecule is CCCS(=O)(=O)c1c(N)nsc1N(C)CC. The number of anilines is 2. The van der Waals surface area contributed by atoms with Gasteiger partial charge >= 0.3 is 0 Å². The standard InChI is InChI=1S/C9H17N3O2S2/c1-4-6-16(13,14)7-8(10)11-15-9(7)12(3)5-2/h4-6H2,1-3H3,(H2,10,11). The highest BCUT2D eigenvalue weighted by molar-refractivity contribution is 7.91. The highest BCUT2D eigenvalue weighted by atomic mass is 32.2. The number of sulfone groups is 1. The van der Waals surface area contributed by atoms with Crippen LogP contribution in [0.25, 0.3) is 0 Å². The molecule has 16 heavy (non-hydrogen) atoms. The fourth-order valence-electron chi connectivity index (χ4n) is 1.33. The third kappa shape index (κ3) is 2.46. The lowest BCUT2D eigenvalue weighted by Crippen LogP contribution is -2.18.